The third-order valence-corrected chi connectivity index (χ3v) is 3.48. The van der Waals surface area contributed by atoms with Crippen LogP contribution in [0.5, 0.6) is 0 Å². The maximum atomic E-state index is 2.37. The summed E-state index contributed by atoms with van der Waals surface area (Å²) in [7, 11) is 0. The van der Waals surface area contributed by atoms with E-state index in [1.54, 1.807) is 0 Å². The molecule has 0 aliphatic rings. The Bertz CT molecular complexity index is 317. The van der Waals surface area contributed by atoms with Crippen molar-refractivity contribution in [3.8, 4) is 0 Å². The summed E-state index contributed by atoms with van der Waals surface area (Å²) in [5.74, 6) is 0. The van der Waals surface area contributed by atoms with E-state index in [9.17, 15) is 0 Å². The van der Waals surface area contributed by atoms with Crippen LogP contribution in [0.3, 0.4) is 0 Å². The smallest absolute Gasteiger partial charge is 0.172 e. The van der Waals surface area contributed by atoms with Gasteiger partial charge in [-0.2, -0.15) is 0 Å². The van der Waals surface area contributed by atoms with Crippen LogP contribution in [0.2, 0.25) is 0 Å². The summed E-state index contributed by atoms with van der Waals surface area (Å²) in [6.45, 7) is 7.94. The molecule has 1 heteroatoms. The van der Waals surface area contributed by atoms with E-state index in [4.69, 9.17) is 0 Å². The standard InChI is InChI=1S/C16H28N/c1-4-7-8-9-10-12-17-13-11-15(5-2)16(6-3)14-17/h11,13-14H,4-10,12H2,1-3H3/q+1. The van der Waals surface area contributed by atoms with Crippen LogP contribution in [0.4, 0.5) is 0 Å². The number of rotatable bonds is 8. The minimum Gasteiger partial charge on any atom is -0.205 e. The van der Waals surface area contributed by atoms with Crippen LogP contribution in [-0.2, 0) is 19.4 Å². The molecule has 0 radical (unpaired) electrons. The fourth-order valence-corrected chi connectivity index (χ4v) is 2.32. The first kappa shape index (κ1) is 14.2. The maximum absolute atomic E-state index is 2.37. The van der Waals surface area contributed by atoms with Crippen molar-refractivity contribution in [2.24, 2.45) is 0 Å². The van der Waals surface area contributed by atoms with E-state index in [-0.39, 0.29) is 0 Å². The first-order chi connectivity index (χ1) is 8.31. The molecule has 1 aromatic rings. The highest BCUT2D eigenvalue weighted by Gasteiger charge is 2.06. The van der Waals surface area contributed by atoms with Gasteiger partial charge in [0.1, 0.15) is 6.54 Å². The molecule has 1 nitrogen and oxygen atoms in total. The Morgan fingerprint density at radius 3 is 2.24 bits per heavy atom. The Balaban J connectivity index is 2.43. The Labute approximate surface area is 107 Å². The van der Waals surface area contributed by atoms with Crippen molar-refractivity contribution in [3.63, 3.8) is 0 Å². The summed E-state index contributed by atoms with van der Waals surface area (Å²) < 4.78 is 2.37. The van der Waals surface area contributed by atoms with Gasteiger partial charge in [0, 0.05) is 18.1 Å². The Hall–Kier alpha value is -0.850. The second kappa shape index (κ2) is 8.27. The summed E-state index contributed by atoms with van der Waals surface area (Å²) in [6, 6.07) is 2.30. The van der Waals surface area contributed by atoms with Gasteiger partial charge < -0.3 is 0 Å². The molecule has 1 heterocycles. The molecule has 0 N–H and O–H groups in total. The average molecular weight is 234 g/mol. The summed E-state index contributed by atoms with van der Waals surface area (Å²) in [5, 5.41) is 0. The van der Waals surface area contributed by atoms with Gasteiger partial charge in [0.05, 0.1) is 0 Å². The number of aromatic nitrogens is 1. The summed E-state index contributed by atoms with van der Waals surface area (Å²) in [5.41, 5.74) is 3.03. The van der Waals surface area contributed by atoms with E-state index >= 15 is 0 Å². The predicted molar refractivity (Wildman–Crippen MR) is 74.2 cm³/mol. The molecule has 1 rings (SSSR count). The largest absolute Gasteiger partial charge is 0.205 e. The van der Waals surface area contributed by atoms with Crippen molar-refractivity contribution in [2.75, 3.05) is 0 Å². The van der Waals surface area contributed by atoms with Gasteiger partial charge in [-0.3, -0.25) is 0 Å². The molecule has 0 saturated heterocycles. The molecular weight excluding hydrogens is 206 g/mol. The second-order valence-electron chi connectivity index (χ2n) is 4.85. The van der Waals surface area contributed by atoms with E-state index in [1.807, 2.05) is 0 Å². The van der Waals surface area contributed by atoms with Gasteiger partial charge in [-0.1, -0.05) is 40.0 Å². The van der Waals surface area contributed by atoms with Crippen molar-refractivity contribution in [1.82, 2.24) is 0 Å². The monoisotopic (exact) mass is 234 g/mol. The predicted octanol–water partition coefficient (Wildman–Crippen LogP) is 4.07. The lowest BCUT2D eigenvalue weighted by Crippen LogP contribution is -2.33. The van der Waals surface area contributed by atoms with E-state index in [2.05, 4.69) is 43.8 Å². The Kier molecular flexibility index (Phi) is 6.91. The molecule has 0 spiro atoms. The van der Waals surface area contributed by atoms with Crippen LogP contribution in [0.1, 0.15) is 64.0 Å². The number of unbranched alkanes of at least 4 members (excludes halogenated alkanes) is 4. The van der Waals surface area contributed by atoms with Crippen LogP contribution in [-0.4, -0.2) is 0 Å². The van der Waals surface area contributed by atoms with Crippen LogP contribution in [0, 0.1) is 0 Å². The third kappa shape index (κ3) is 4.89. The van der Waals surface area contributed by atoms with Gasteiger partial charge in [0.15, 0.2) is 12.4 Å². The van der Waals surface area contributed by atoms with E-state index < -0.39 is 0 Å². The molecule has 0 aliphatic carbocycles. The van der Waals surface area contributed by atoms with Gasteiger partial charge in [-0.05, 0) is 24.8 Å². The molecule has 0 bridgehead atoms. The zero-order valence-electron chi connectivity index (χ0n) is 11.8. The molecule has 0 aliphatic heterocycles. The summed E-state index contributed by atoms with van der Waals surface area (Å²) >= 11 is 0. The highest BCUT2D eigenvalue weighted by molar-refractivity contribution is 5.20. The highest BCUT2D eigenvalue weighted by atomic mass is 14.9. The van der Waals surface area contributed by atoms with Crippen LogP contribution in [0.25, 0.3) is 0 Å². The third-order valence-electron chi connectivity index (χ3n) is 3.48. The lowest BCUT2D eigenvalue weighted by atomic mass is 10.1. The number of hydrogen-bond acceptors (Lipinski definition) is 0. The van der Waals surface area contributed by atoms with Crippen LogP contribution in [0.15, 0.2) is 18.5 Å². The van der Waals surface area contributed by atoms with Crippen molar-refractivity contribution in [3.05, 3.63) is 29.6 Å². The zero-order chi connectivity index (χ0) is 12.5. The van der Waals surface area contributed by atoms with Crippen LogP contribution >= 0.6 is 0 Å². The van der Waals surface area contributed by atoms with Gasteiger partial charge in [-0.25, -0.2) is 4.57 Å². The molecule has 0 aromatic carbocycles. The van der Waals surface area contributed by atoms with Crippen molar-refractivity contribution in [2.45, 2.75) is 72.3 Å². The minimum atomic E-state index is 1.15. The first-order valence-corrected chi connectivity index (χ1v) is 7.32. The molecule has 96 valence electrons. The SMILES string of the molecule is CCCCCCC[n+]1ccc(CC)c(CC)c1. The normalized spacial score (nSPS) is 10.8. The molecule has 0 amide bonds. The van der Waals surface area contributed by atoms with E-state index in [0.717, 1.165) is 12.8 Å². The quantitative estimate of drug-likeness (QED) is 0.471. The lowest BCUT2D eigenvalue weighted by Gasteiger charge is -2.04. The van der Waals surface area contributed by atoms with Gasteiger partial charge in [0.25, 0.3) is 0 Å². The molecule has 0 unspecified atom stereocenters. The Morgan fingerprint density at radius 2 is 1.59 bits per heavy atom. The second-order valence-corrected chi connectivity index (χ2v) is 4.85. The first-order valence-electron chi connectivity index (χ1n) is 7.32. The van der Waals surface area contributed by atoms with Gasteiger partial charge in [0.2, 0.25) is 0 Å². The number of nitrogens with zero attached hydrogens (tertiary/aromatic N) is 1. The molecular formula is C16H28N+. The number of hydrogen-bond donors (Lipinski definition) is 0. The topological polar surface area (TPSA) is 3.88 Å². The number of pyridine rings is 1. The summed E-state index contributed by atoms with van der Waals surface area (Å²) in [6.07, 6.45) is 13.7. The molecule has 0 fully saturated rings. The number of aryl methyl sites for hydroxylation is 3. The minimum absolute atomic E-state index is 1.15. The lowest BCUT2D eigenvalue weighted by molar-refractivity contribution is -0.697. The van der Waals surface area contributed by atoms with E-state index in [0.29, 0.717) is 0 Å². The van der Waals surface area contributed by atoms with Crippen molar-refractivity contribution in [1.29, 1.82) is 0 Å². The molecule has 0 saturated carbocycles. The average Bonchev–Trinajstić information content (AvgIpc) is 2.38. The van der Waals surface area contributed by atoms with Gasteiger partial charge >= 0.3 is 0 Å². The Morgan fingerprint density at radius 1 is 0.882 bits per heavy atom. The maximum Gasteiger partial charge on any atom is 0.172 e. The highest BCUT2D eigenvalue weighted by Crippen LogP contribution is 2.08. The van der Waals surface area contributed by atoms with Crippen LogP contribution < -0.4 is 4.57 Å². The van der Waals surface area contributed by atoms with Crippen molar-refractivity contribution >= 4 is 0 Å². The van der Waals surface area contributed by atoms with E-state index in [1.165, 1.54) is 49.8 Å². The molecule has 17 heavy (non-hydrogen) atoms. The van der Waals surface area contributed by atoms with Crippen molar-refractivity contribution < 1.29 is 4.57 Å². The fraction of sp³-hybridized carbons (Fsp3) is 0.688. The fourth-order valence-electron chi connectivity index (χ4n) is 2.32. The zero-order valence-corrected chi connectivity index (χ0v) is 11.8. The summed E-state index contributed by atoms with van der Waals surface area (Å²) in [4.78, 5) is 0. The molecule has 0 atom stereocenters. The van der Waals surface area contributed by atoms with Gasteiger partial charge in [-0.15, -0.1) is 0 Å². The molecule has 1 aromatic heterocycles.